The van der Waals surface area contributed by atoms with Crippen LogP contribution in [0.5, 0.6) is 0 Å². The quantitative estimate of drug-likeness (QED) is 0.429. The zero-order valence-corrected chi connectivity index (χ0v) is 15.6. The molecule has 0 atom stereocenters. The minimum absolute atomic E-state index is 0.0468. The van der Waals surface area contributed by atoms with Gasteiger partial charge in [0.05, 0.1) is 5.69 Å². The van der Waals surface area contributed by atoms with E-state index in [1.54, 1.807) is 0 Å². The molecule has 0 bridgehead atoms. The Morgan fingerprint density at radius 1 is 1.30 bits per heavy atom. The minimum Gasteiger partial charge on any atom is -0.352 e. The maximum Gasteiger partial charge on any atom is 0.263 e. The van der Waals surface area contributed by atoms with E-state index in [4.69, 9.17) is 0 Å². The molecule has 1 aromatic heterocycles. The van der Waals surface area contributed by atoms with Crippen molar-refractivity contribution in [1.82, 2.24) is 15.3 Å². The number of H-pyrrole nitrogens is 1. The number of nitrogens with zero attached hydrogens (tertiary/aromatic N) is 1. The summed E-state index contributed by atoms with van der Waals surface area (Å²) in [4.78, 5) is 31.5. The first-order valence-electron chi connectivity index (χ1n) is 8.96. The van der Waals surface area contributed by atoms with Crippen molar-refractivity contribution in [2.45, 2.75) is 43.7 Å². The molecule has 3 rings (SSSR count). The molecule has 27 heavy (non-hydrogen) atoms. The van der Waals surface area contributed by atoms with Crippen molar-refractivity contribution in [3.63, 3.8) is 0 Å². The number of aromatic amines is 1. The molecule has 0 radical (unpaired) electrons. The van der Waals surface area contributed by atoms with Crippen molar-refractivity contribution in [3.05, 3.63) is 57.0 Å². The molecule has 5 nitrogen and oxygen atoms in total. The number of aryl methyl sites for hydroxylation is 1. The van der Waals surface area contributed by atoms with Gasteiger partial charge in [0.15, 0.2) is 5.16 Å². The Morgan fingerprint density at radius 2 is 2.11 bits per heavy atom. The first-order chi connectivity index (χ1) is 13.0. The number of rotatable bonds is 7. The molecule has 0 unspecified atom stereocenters. The van der Waals surface area contributed by atoms with Gasteiger partial charge in [-0.25, -0.2) is 13.8 Å². The minimum atomic E-state index is -2.60. The molecule has 1 amide bonds. The summed E-state index contributed by atoms with van der Waals surface area (Å²) in [6.07, 6.45) is 1.81. The van der Waals surface area contributed by atoms with E-state index in [1.165, 1.54) is 36.0 Å². The molecule has 0 fully saturated rings. The summed E-state index contributed by atoms with van der Waals surface area (Å²) in [5.41, 5.74) is 1.72. The fraction of sp³-hybridized carbons (Fsp3) is 0.421. The number of benzene rings is 1. The van der Waals surface area contributed by atoms with Crippen LogP contribution in [0.3, 0.4) is 0 Å². The fourth-order valence-corrected chi connectivity index (χ4v) is 3.83. The topological polar surface area (TPSA) is 74.8 Å². The van der Waals surface area contributed by atoms with E-state index < -0.39 is 6.43 Å². The maximum absolute atomic E-state index is 12.7. The van der Waals surface area contributed by atoms with Crippen molar-refractivity contribution in [2.75, 3.05) is 12.3 Å². The zero-order valence-electron chi connectivity index (χ0n) is 14.8. The van der Waals surface area contributed by atoms with E-state index in [0.717, 1.165) is 36.9 Å². The molecule has 2 aromatic rings. The first kappa shape index (κ1) is 19.5. The van der Waals surface area contributed by atoms with Crippen LogP contribution >= 0.6 is 11.8 Å². The second kappa shape index (κ2) is 9.12. The van der Waals surface area contributed by atoms with Gasteiger partial charge in [0.25, 0.3) is 17.9 Å². The molecule has 8 heteroatoms. The molecule has 0 saturated carbocycles. The van der Waals surface area contributed by atoms with Crippen LogP contribution in [0.2, 0.25) is 0 Å². The third-order valence-electron chi connectivity index (χ3n) is 4.42. The maximum atomic E-state index is 12.7. The molecule has 0 saturated heterocycles. The predicted octanol–water partition coefficient (Wildman–Crippen LogP) is 3.50. The molecule has 2 N–H and O–H groups in total. The van der Waals surface area contributed by atoms with Gasteiger partial charge >= 0.3 is 0 Å². The van der Waals surface area contributed by atoms with Gasteiger partial charge in [-0.2, -0.15) is 0 Å². The van der Waals surface area contributed by atoms with Crippen LogP contribution in [-0.2, 0) is 12.8 Å². The molecule has 144 valence electrons. The second-order valence-corrected chi connectivity index (χ2v) is 7.47. The summed E-state index contributed by atoms with van der Waals surface area (Å²) < 4.78 is 25.4. The Balaban J connectivity index is 1.46. The summed E-state index contributed by atoms with van der Waals surface area (Å²) >= 11 is 1.44. The van der Waals surface area contributed by atoms with Crippen molar-refractivity contribution < 1.29 is 13.6 Å². The molecule has 1 heterocycles. The van der Waals surface area contributed by atoms with Gasteiger partial charge in [0.2, 0.25) is 0 Å². The standard InChI is InChI=1S/C19H21F2N3O2S/c20-16(21)12-5-3-6-13(11-12)17(25)22-9-4-10-27-19-23-15-8-2-1-7-14(15)18(26)24-19/h3,5-6,11,16H,1-2,4,7-10H2,(H,22,25)(H,23,24,26). The lowest BCUT2D eigenvalue weighted by Crippen LogP contribution is -2.25. The smallest absolute Gasteiger partial charge is 0.263 e. The lowest BCUT2D eigenvalue weighted by molar-refractivity contribution is 0.0953. The number of carbonyl (C=O) groups excluding carboxylic acids is 1. The van der Waals surface area contributed by atoms with Crippen LogP contribution in [0.1, 0.15) is 52.9 Å². The lowest BCUT2D eigenvalue weighted by Gasteiger charge is -2.14. The van der Waals surface area contributed by atoms with Gasteiger partial charge < -0.3 is 10.3 Å². The van der Waals surface area contributed by atoms with Crippen molar-refractivity contribution in [2.24, 2.45) is 0 Å². The lowest BCUT2D eigenvalue weighted by atomic mass is 9.97. The zero-order chi connectivity index (χ0) is 19.2. The van der Waals surface area contributed by atoms with Gasteiger partial charge in [0.1, 0.15) is 0 Å². The average molecular weight is 393 g/mol. The number of carbonyl (C=O) groups is 1. The van der Waals surface area contributed by atoms with E-state index in [2.05, 4.69) is 15.3 Å². The van der Waals surface area contributed by atoms with Gasteiger partial charge in [-0.05, 0) is 44.2 Å². The van der Waals surface area contributed by atoms with Gasteiger partial charge in [-0.1, -0.05) is 23.9 Å². The van der Waals surface area contributed by atoms with E-state index in [9.17, 15) is 18.4 Å². The molecule has 1 aliphatic carbocycles. The average Bonchev–Trinajstić information content (AvgIpc) is 2.67. The molecule has 1 aliphatic rings. The third kappa shape index (κ3) is 5.15. The van der Waals surface area contributed by atoms with Crippen molar-refractivity contribution in [3.8, 4) is 0 Å². The summed E-state index contributed by atoms with van der Waals surface area (Å²) in [5.74, 6) is 0.307. The number of hydrogen-bond donors (Lipinski definition) is 2. The van der Waals surface area contributed by atoms with E-state index in [1.807, 2.05) is 0 Å². The monoisotopic (exact) mass is 393 g/mol. The van der Waals surface area contributed by atoms with Crippen LogP contribution in [-0.4, -0.2) is 28.2 Å². The number of nitrogens with one attached hydrogen (secondary N) is 2. The van der Waals surface area contributed by atoms with Crippen LogP contribution in [0.25, 0.3) is 0 Å². The van der Waals surface area contributed by atoms with E-state index in [-0.39, 0.29) is 22.6 Å². The van der Waals surface area contributed by atoms with Crippen LogP contribution < -0.4 is 10.9 Å². The third-order valence-corrected chi connectivity index (χ3v) is 5.38. The molecule has 1 aromatic carbocycles. The molecule has 0 aliphatic heterocycles. The number of hydrogen-bond acceptors (Lipinski definition) is 4. The molecular formula is C19H21F2N3O2S. The highest BCUT2D eigenvalue weighted by Gasteiger charge is 2.15. The Morgan fingerprint density at radius 3 is 2.93 bits per heavy atom. The number of alkyl halides is 2. The number of halogens is 2. The Kier molecular flexibility index (Phi) is 6.60. The number of aromatic nitrogens is 2. The Hall–Kier alpha value is -2.22. The van der Waals surface area contributed by atoms with E-state index >= 15 is 0 Å². The number of thioether (sulfide) groups is 1. The van der Waals surface area contributed by atoms with Crippen molar-refractivity contribution >= 4 is 17.7 Å². The fourth-order valence-electron chi connectivity index (χ4n) is 3.01. The van der Waals surface area contributed by atoms with Crippen LogP contribution in [0.15, 0.2) is 34.2 Å². The van der Waals surface area contributed by atoms with Gasteiger partial charge in [-0.3, -0.25) is 9.59 Å². The molecule has 0 spiro atoms. The first-order valence-corrected chi connectivity index (χ1v) is 9.94. The number of amides is 1. The summed E-state index contributed by atoms with van der Waals surface area (Å²) in [7, 11) is 0. The van der Waals surface area contributed by atoms with Crippen LogP contribution in [0.4, 0.5) is 8.78 Å². The van der Waals surface area contributed by atoms with E-state index in [0.29, 0.717) is 23.9 Å². The highest BCUT2D eigenvalue weighted by atomic mass is 32.2. The second-order valence-electron chi connectivity index (χ2n) is 6.39. The summed E-state index contributed by atoms with van der Waals surface area (Å²) in [5, 5.41) is 3.33. The van der Waals surface area contributed by atoms with Crippen LogP contribution in [0, 0.1) is 0 Å². The Labute approximate surface area is 160 Å². The number of fused-ring (bicyclic) bond motifs is 1. The molecular weight excluding hydrogens is 372 g/mol. The highest BCUT2D eigenvalue weighted by molar-refractivity contribution is 7.99. The summed E-state index contributed by atoms with van der Waals surface area (Å²) in [6, 6.07) is 5.46. The highest BCUT2D eigenvalue weighted by Crippen LogP contribution is 2.20. The SMILES string of the molecule is O=C(NCCCSc1nc2c(c(=O)[nH]1)CCCC2)c1cccc(C(F)F)c1. The normalized spacial score (nSPS) is 13.4. The van der Waals surface area contributed by atoms with Crippen molar-refractivity contribution in [1.29, 1.82) is 0 Å². The van der Waals surface area contributed by atoms with Gasteiger partial charge in [-0.15, -0.1) is 0 Å². The summed E-state index contributed by atoms with van der Waals surface area (Å²) in [6.45, 7) is 0.417. The predicted molar refractivity (Wildman–Crippen MR) is 101 cm³/mol. The largest absolute Gasteiger partial charge is 0.352 e. The van der Waals surface area contributed by atoms with Gasteiger partial charge in [0, 0.05) is 29.0 Å². The Bertz CT molecular complexity index is 870.